The van der Waals surface area contributed by atoms with E-state index in [9.17, 15) is 0 Å². The van der Waals surface area contributed by atoms with Crippen LogP contribution < -0.4 is 5.32 Å². The molecule has 4 aliphatic rings. The molecular formula is C17H30N4O. The van der Waals surface area contributed by atoms with Gasteiger partial charge in [0.2, 0.25) is 0 Å². The minimum absolute atomic E-state index is 0.535. The predicted octanol–water partition coefficient (Wildman–Crippen LogP) is 1.16. The summed E-state index contributed by atoms with van der Waals surface area (Å²) in [4.78, 5) is 9.94. The van der Waals surface area contributed by atoms with Crippen molar-refractivity contribution in [3.8, 4) is 0 Å². The van der Waals surface area contributed by atoms with Crippen LogP contribution in [0, 0.1) is 11.8 Å². The van der Waals surface area contributed by atoms with Gasteiger partial charge in [-0.3, -0.25) is 4.99 Å². The number of fused-ring (bicyclic) bond motifs is 5. The standard InChI is InChI=1S/C17H30N4O/c1-2-18-17(19-7-10-20-8-3-4-9-20)21-11-13-14(12-21)16-6-5-15(13)22-16/h13-16H,2-12H2,1H3,(H,18,19). The second kappa shape index (κ2) is 6.36. The summed E-state index contributed by atoms with van der Waals surface area (Å²) in [5.41, 5.74) is 0. The number of hydrogen-bond donors (Lipinski definition) is 1. The van der Waals surface area contributed by atoms with E-state index in [1.165, 1.54) is 38.8 Å². The number of aliphatic imine (C=N–C) groups is 1. The molecule has 0 aromatic heterocycles. The van der Waals surface area contributed by atoms with Gasteiger partial charge in [0.15, 0.2) is 5.96 Å². The van der Waals surface area contributed by atoms with Crippen LogP contribution in [-0.2, 0) is 4.74 Å². The fourth-order valence-corrected chi connectivity index (χ4v) is 4.86. The fourth-order valence-electron chi connectivity index (χ4n) is 4.86. The van der Waals surface area contributed by atoms with Crippen molar-refractivity contribution in [1.29, 1.82) is 0 Å². The maximum atomic E-state index is 6.08. The van der Waals surface area contributed by atoms with Crippen molar-refractivity contribution in [3.05, 3.63) is 0 Å². The molecule has 4 aliphatic heterocycles. The summed E-state index contributed by atoms with van der Waals surface area (Å²) in [6.07, 6.45) is 6.36. The van der Waals surface area contributed by atoms with E-state index in [1.54, 1.807) is 0 Å². The highest BCUT2D eigenvalue weighted by molar-refractivity contribution is 5.80. The highest BCUT2D eigenvalue weighted by Gasteiger charge is 2.53. The van der Waals surface area contributed by atoms with Crippen molar-refractivity contribution in [2.75, 3.05) is 45.8 Å². The summed E-state index contributed by atoms with van der Waals surface area (Å²) in [6.45, 7) is 9.98. The Hall–Kier alpha value is -0.810. The summed E-state index contributed by atoms with van der Waals surface area (Å²) in [6, 6.07) is 0. The zero-order valence-electron chi connectivity index (χ0n) is 13.8. The first-order chi connectivity index (χ1) is 10.8. The van der Waals surface area contributed by atoms with Gasteiger partial charge in [0.25, 0.3) is 0 Å². The van der Waals surface area contributed by atoms with Crippen molar-refractivity contribution < 1.29 is 4.74 Å². The van der Waals surface area contributed by atoms with Crippen LogP contribution in [0.25, 0.3) is 0 Å². The van der Waals surface area contributed by atoms with Gasteiger partial charge < -0.3 is 19.9 Å². The average Bonchev–Trinajstić information content (AvgIpc) is 3.27. The highest BCUT2D eigenvalue weighted by Crippen LogP contribution is 2.47. The van der Waals surface area contributed by atoms with Gasteiger partial charge in [0.05, 0.1) is 18.8 Å². The first kappa shape index (κ1) is 14.8. The molecule has 4 atom stereocenters. The summed E-state index contributed by atoms with van der Waals surface area (Å²) in [5.74, 6) is 2.64. The largest absolute Gasteiger partial charge is 0.374 e. The second-order valence-corrected chi connectivity index (χ2v) is 7.31. The Bertz CT molecular complexity index is 403. The Morgan fingerprint density at radius 1 is 1.14 bits per heavy atom. The molecule has 4 fully saturated rings. The van der Waals surface area contributed by atoms with Gasteiger partial charge >= 0.3 is 0 Å². The van der Waals surface area contributed by atoms with E-state index in [-0.39, 0.29) is 0 Å². The molecule has 4 saturated heterocycles. The lowest BCUT2D eigenvalue weighted by Gasteiger charge is -2.23. The summed E-state index contributed by atoms with van der Waals surface area (Å²) in [5, 5.41) is 3.51. The maximum absolute atomic E-state index is 6.08. The van der Waals surface area contributed by atoms with Crippen LogP contribution in [0.5, 0.6) is 0 Å². The van der Waals surface area contributed by atoms with E-state index in [0.29, 0.717) is 12.2 Å². The van der Waals surface area contributed by atoms with Gasteiger partial charge in [-0.25, -0.2) is 0 Å². The minimum Gasteiger partial charge on any atom is -0.374 e. The van der Waals surface area contributed by atoms with Crippen LogP contribution >= 0.6 is 0 Å². The number of guanidine groups is 1. The summed E-state index contributed by atoms with van der Waals surface area (Å²) >= 11 is 0. The van der Waals surface area contributed by atoms with E-state index in [1.807, 2.05) is 0 Å². The van der Waals surface area contributed by atoms with Crippen LogP contribution in [-0.4, -0.2) is 73.8 Å². The van der Waals surface area contributed by atoms with Gasteiger partial charge in [-0.05, 0) is 45.7 Å². The smallest absolute Gasteiger partial charge is 0.193 e. The minimum atomic E-state index is 0.535. The molecule has 0 amide bonds. The molecule has 1 N–H and O–H groups in total. The number of hydrogen-bond acceptors (Lipinski definition) is 3. The van der Waals surface area contributed by atoms with Crippen LogP contribution in [0.2, 0.25) is 0 Å². The Labute approximate surface area is 134 Å². The molecule has 5 nitrogen and oxygen atoms in total. The Kier molecular flexibility index (Phi) is 4.27. The molecule has 4 heterocycles. The van der Waals surface area contributed by atoms with Crippen molar-refractivity contribution in [3.63, 3.8) is 0 Å². The van der Waals surface area contributed by atoms with Crippen molar-refractivity contribution in [2.24, 2.45) is 16.8 Å². The Morgan fingerprint density at radius 3 is 2.45 bits per heavy atom. The summed E-state index contributed by atoms with van der Waals surface area (Å²) < 4.78 is 6.08. The molecule has 4 rings (SSSR count). The zero-order chi connectivity index (χ0) is 14.9. The van der Waals surface area contributed by atoms with Crippen LogP contribution in [0.3, 0.4) is 0 Å². The number of nitrogens with one attached hydrogen (secondary N) is 1. The molecule has 4 unspecified atom stereocenters. The second-order valence-electron chi connectivity index (χ2n) is 7.31. The first-order valence-corrected chi connectivity index (χ1v) is 9.26. The number of ether oxygens (including phenoxy) is 1. The van der Waals surface area contributed by atoms with E-state index in [2.05, 4.69) is 22.0 Å². The third-order valence-corrected chi connectivity index (χ3v) is 5.96. The lowest BCUT2D eigenvalue weighted by molar-refractivity contribution is 0.0767. The number of rotatable bonds is 4. The van der Waals surface area contributed by atoms with Gasteiger partial charge in [-0.15, -0.1) is 0 Å². The molecule has 124 valence electrons. The monoisotopic (exact) mass is 306 g/mol. The molecule has 5 heteroatoms. The third kappa shape index (κ3) is 2.73. The molecule has 0 spiro atoms. The first-order valence-electron chi connectivity index (χ1n) is 9.26. The SMILES string of the molecule is CCNC(=NCCN1CCCC1)N1CC2C3CCC(O3)C2C1. The molecular weight excluding hydrogens is 276 g/mol. The Balaban J connectivity index is 1.35. The number of likely N-dealkylation sites (tertiary alicyclic amines) is 2. The Morgan fingerprint density at radius 2 is 1.82 bits per heavy atom. The van der Waals surface area contributed by atoms with Gasteiger partial charge in [0.1, 0.15) is 0 Å². The lowest BCUT2D eigenvalue weighted by atomic mass is 9.82. The normalized spacial score (nSPS) is 38.0. The van der Waals surface area contributed by atoms with Crippen molar-refractivity contribution >= 4 is 5.96 Å². The molecule has 0 radical (unpaired) electrons. The lowest BCUT2D eigenvalue weighted by Crippen LogP contribution is -2.41. The van der Waals surface area contributed by atoms with E-state index in [0.717, 1.165) is 50.5 Å². The van der Waals surface area contributed by atoms with Gasteiger partial charge in [-0.1, -0.05) is 0 Å². The van der Waals surface area contributed by atoms with Crippen molar-refractivity contribution in [1.82, 2.24) is 15.1 Å². The molecule has 0 aromatic carbocycles. The van der Waals surface area contributed by atoms with E-state index >= 15 is 0 Å². The quantitative estimate of drug-likeness (QED) is 0.625. The fraction of sp³-hybridized carbons (Fsp3) is 0.941. The average molecular weight is 306 g/mol. The zero-order valence-corrected chi connectivity index (χ0v) is 13.8. The van der Waals surface area contributed by atoms with E-state index < -0.39 is 0 Å². The van der Waals surface area contributed by atoms with Crippen molar-refractivity contribution in [2.45, 2.75) is 44.8 Å². The third-order valence-electron chi connectivity index (χ3n) is 5.96. The molecule has 2 bridgehead atoms. The number of nitrogens with zero attached hydrogens (tertiary/aromatic N) is 3. The highest BCUT2D eigenvalue weighted by atomic mass is 16.5. The molecule has 22 heavy (non-hydrogen) atoms. The molecule has 0 aliphatic carbocycles. The summed E-state index contributed by atoms with van der Waals surface area (Å²) in [7, 11) is 0. The van der Waals surface area contributed by atoms with Crippen LogP contribution in [0.1, 0.15) is 32.6 Å². The van der Waals surface area contributed by atoms with E-state index in [4.69, 9.17) is 9.73 Å². The maximum Gasteiger partial charge on any atom is 0.193 e. The topological polar surface area (TPSA) is 40.1 Å². The van der Waals surface area contributed by atoms with Crippen LogP contribution in [0.15, 0.2) is 4.99 Å². The van der Waals surface area contributed by atoms with Gasteiger partial charge in [0, 0.05) is 38.0 Å². The molecule has 0 aromatic rings. The molecule has 0 saturated carbocycles. The van der Waals surface area contributed by atoms with Crippen LogP contribution in [0.4, 0.5) is 0 Å². The predicted molar refractivity (Wildman–Crippen MR) is 88.1 cm³/mol. The van der Waals surface area contributed by atoms with Gasteiger partial charge in [-0.2, -0.15) is 0 Å².